The molecular formula is C13H20N2O. The first-order valence-corrected chi connectivity index (χ1v) is 5.95. The van der Waals surface area contributed by atoms with E-state index in [0.717, 1.165) is 5.69 Å². The van der Waals surface area contributed by atoms with E-state index in [2.05, 4.69) is 24.1 Å². The monoisotopic (exact) mass is 220 g/mol. The fraction of sp³-hybridized carbons (Fsp3) is 0.615. The highest BCUT2D eigenvalue weighted by atomic mass is 16.3. The molecule has 1 fully saturated rings. The molecule has 0 amide bonds. The molecule has 1 saturated carbocycles. The van der Waals surface area contributed by atoms with Crippen LogP contribution in [0.5, 0.6) is 0 Å². The molecule has 2 N–H and O–H groups in total. The van der Waals surface area contributed by atoms with Gasteiger partial charge in [-0.25, -0.2) is 0 Å². The number of rotatable bonds is 5. The lowest BCUT2D eigenvalue weighted by Gasteiger charge is -2.32. The molecule has 1 aromatic heterocycles. The fourth-order valence-corrected chi connectivity index (χ4v) is 2.21. The highest BCUT2D eigenvalue weighted by Gasteiger charge is 2.41. The maximum atomic E-state index is 9.51. The van der Waals surface area contributed by atoms with Crippen LogP contribution < -0.4 is 5.32 Å². The zero-order chi connectivity index (χ0) is 11.6. The minimum atomic E-state index is -0.156. The molecule has 1 aromatic rings. The van der Waals surface area contributed by atoms with E-state index < -0.39 is 0 Å². The van der Waals surface area contributed by atoms with Crippen molar-refractivity contribution in [2.45, 2.75) is 38.3 Å². The molecule has 0 bridgehead atoms. The summed E-state index contributed by atoms with van der Waals surface area (Å²) in [7, 11) is 0. The van der Waals surface area contributed by atoms with E-state index in [0.29, 0.717) is 5.92 Å². The molecule has 0 spiro atoms. The largest absolute Gasteiger partial charge is 0.394 e. The summed E-state index contributed by atoms with van der Waals surface area (Å²) in [6.45, 7) is 4.39. The van der Waals surface area contributed by atoms with Crippen molar-refractivity contribution in [3.05, 3.63) is 30.1 Å². The van der Waals surface area contributed by atoms with Gasteiger partial charge in [0.25, 0.3) is 0 Å². The molecule has 2 unspecified atom stereocenters. The summed E-state index contributed by atoms with van der Waals surface area (Å²) in [5.74, 6) is 0.615. The average molecular weight is 220 g/mol. The number of nitrogens with zero attached hydrogens (tertiary/aromatic N) is 1. The van der Waals surface area contributed by atoms with E-state index >= 15 is 0 Å². The normalized spacial score (nSPS) is 21.4. The number of nitrogens with one attached hydrogen (secondary N) is 1. The van der Waals surface area contributed by atoms with Crippen LogP contribution in [0, 0.1) is 5.92 Å². The Bertz CT molecular complexity index is 337. The smallest absolute Gasteiger partial charge is 0.0613 e. The van der Waals surface area contributed by atoms with Crippen LogP contribution in [-0.4, -0.2) is 22.2 Å². The molecule has 2 atom stereocenters. The summed E-state index contributed by atoms with van der Waals surface area (Å²) in [6.07, 6.45) is 4.25. The Morgan fingerprint density at radius 1 is 1.56 bits per heavy atom. The van der Waals surface area contributed by atoms with Crippen LogP contribution in [0.1, 0.15) is 38.4 Å². The quantitative estimate of drug-likeness (QED) is 0.796. The Labute approximate surface area is 96.9 Å². The highest BCUT2D eigenvalue weighted by molar-refractivity contribution is 5.10. The summed E-state index contributed by atoms with van der Waals surface area (Å²) in [4.78, 5) is 4.33. The number of pyridine rings is 1. The number of aliphatic hydroxyl groups excluding tert-OH is 1. The second-order valence-electron chi connectivity index (χ2n) is 4.97. The molecule has 1 aliphatic rings. The number of aromatic nitrogens is 1. The van der Waals surface area contributed by atoms with Crippen molar-refractivity contribution in [1.29, 1.82) is 0 Å². The van der Waals surface area contributed by atoms with Gasteiger partial charge < -0.3 is 10.4 Å². The lowest BCUT2D eigenvalue weighted by atomic mass is 9.95. The van der Waals surface area contributed by atoms with E-state index in [1.807, 2.05) is 18.2 Å². The molecular weight excluding hydrogens is 200 g/mol. The Kier molecular flexibility index (Phi) is 3.26. The van der Waals surface area contributed by atoms with Crippen LogP contribution >= 0.6 is 0 Å². The van der Waals surface area contributed by atoms with Gasteiger partial charge in [-0.2, -0.15) is 0 Å². The molecule has 1 aliphatic carbocycles. The van der Waals surface area contributed by atoms with Crippen LogP contribution in [-0.2, 0) is 0 Å². The highest BCUT2D eigenvalue weighted by Crippen LogP contribution is 2.40. The molecule has 88 valence electrons. The van der Waals surface area contributed by atoms with Gasteiger partial charge in [0.1, 0.15) is 0 Å². The number of hydrogen-bond donors (Lipinski definition) is 2. The Balaban J connectivity index is 2.03. The molecule has 0 aromatic carbocycles. The summed E-state index contributed by atoms with van der Waals surface area (Å²) >= 11 is 0. The first kappa shape index (κ1) is 11.6. The minimum Gasteiger partial charge on any atom is -0.394 e. The van der Waals surface area contributed by atoms with E-state index in [-0.39, 0.29) is 18.2 Å². The zero-order valence-electron chi connectivity index (χ0n) is 9.98. The van der Waals surface area contributed by atoms with Crippen molar-refractivity contribution in [3.8, 4) is 0 Å². The third kappa shape index (κ3) is 2.42. The molecule has 3 heteroatoms. The van der Waals surface area contributed by atoms with Gasteiger partial charge in [-0.3, -0.25) is 4.98 Å². The predicted molar refractivity (Wildman–Crippen MR) is 64.0 cm³/mol. The lowest BCUT2D eigenvalue weighted by molar-refractivity contribution is 0.143. The Morgan fingerprint density at radius 2 is 2.31 bits per heavy atom. The van der Waals surface area contributed by atoms with Gasteiger partial charge >= 0.3 is 0 Å². The standard InChI is InChI=1S/C13H20N2O/c1-10(12-5-3-4-8-14-12)15-13(2,9-16)11-6-7-11/h3-5,8,10-11,15-16H,6-7,9H2,1-2H3. The summed E-state index contributed by atoms with van der Waals surface area (Å²) in [5, 5.41) is 13.0. The van der Waals surface area contributed by atoms with Crippen LogP contribution in [0.25, 0.3) is 0 Å². The fourth-order valence-electron chi connectivity index (χ4n) is 2.21. The van der Waals surface area contributed by atoms with Crippen molar-refractivity contribution >= 4 is 0 Å². The molecule has 0 radical (unpaired) electrons. The van der Waals surface area contributed by atoms with E-state index in [1.165, 1.54) is 12.8 Å². The van der Waals surface area contributed by atoms with Crippen molar-refractivity contribution < 1.29 is 5.11 Å². The van der Waals surface area contributed by atoms with Crippen molar-refractivity contribution in [3.63, 3.8) is 0 Å². The van der Waals surface area contributed by atoms with E-state index in [1.54, 1.807) is 6.20 Å². The molecule has 2 rings (SSSR count). The zero-order valence-corrected chi connectivity index (χ0v) is 9.98. The van der Waals surface area contributed by atoms with Gasteiger partial charge in [0, 0.05) is 17.8 Å². The second kappa shape index (κ2) is 4.52. The van der Waals surface area contributed by atoms with E-state index in [9.17, 15) is 5.11 Å². The average Bonchev–Trinajstić information content (AvgIpc) is 3.14. The lowest BCUT2D eigenvalue weighted by Crippen LogP contribution is -2.48. The Morgan fingerprint density at radius 3 is 2.81 bits per heavy atom. The minimum absolute atomic E-state index is 0.156. The van der Waals surface area contributed by atoms with Gasteiger partial charge in [-0.15, -0.1) is 0 Å². The molecule has 3 nitrogen and oxygen atoms in total. The van der Waals surface area contributed by atoms with Gasteiger partial charge in [-0.05, 0) is 44.7 Å². The summed E-state index contributed by atoms with van der Waals surface area (Å²) in [5.41, 5.74) is 0.875. The second-order valence-corrected chi connectivity index (χ2v) is 4.97. The summed E-state index contributed by atoms with van der Waals surface area (Å²) in [6, 6.07) is 6.11. The van der Waals surface area contributed by atoms with Gasteiger partial charge in [0.15, 0.2) is 0 Å². The predicted octanol–water partition coefficient (Wildman–Crippen LogP) is 1.89. The molecule has 0 saturated heterocycles. The number of aliphatic hydroxyl groups is 1. The van der Waals surface area contributed by atoms with Crippen LogP contribution in [0.4, 0.5) is 0 Å². The first-order valence-electron chi connectivity index (χ1n) is 5.95. The maximum Gasteiger partial charge on any atom is 0.0613 e. The van der Waals surface area contributed by atoms with Crippen LogP contribution in [0.2, 0.25) is 0 Å². The van der Waals surface area contributed by atoms with Crippen molar-refractivity contribution in [2.75, 3.05) is 6.61 Å². The maximum absolute atomic E-state index is 9.51. The summed E-state index contributed by atoms with van der Waals surface area (Å²) < 4.78 is 0. The third-order valence-electron chi connectivity index (χ3n) is 3.48. The van der Waals surface area contributed by atoms with Crippen molar-refractivity contribution in [2.24, 2.45) is 5.92 Å². The van der Waals surface area contributed by atoms with Crippen molar-refractivity contribution in [1.82, 2.24) is 10.3 Å². The molecule has 0 aliphatic heterocycles. The van der Waals surface area contributed by atoms with Gasteiger partial charge in [0.05, 0.1) is 12.3 Å². The van der Waals surface area contributed by atoms with Gasteiger partial charge in [-0.1, -0.05) is 6.07 Å². The third-order valence-corrected chi connectivity index (χ3v) is 3.48. The molecule has 1 heterocycles. The Hall–Kier alpha value is -0.930. The van der Waals surface area contributed by atoms with Crippen LogP contribution in [0.3, 0.4) is 0 Å². The van der Waals surface area contributed by atoms with Gasteiger partial charge in [0.2, 0.25) is 0 Å². The molecule has 16 heavy (non-hydrogen) atoms. The topological polar surface area (TPSA) is 45.1 Å². The first-order chi connectivity index (χ1) is 7.65. The number of hydrogen-bond acceptors (Lipinski definition) is 3. The SMILES string of the molecule is CC(NC(C)(CO)C1CC1)c1ccccn1. The van der Waals surface area contributed by atoms with E-state index in [4.69, 9.17) is 0 Å². The van der Waals surface area contributed by atoms with Crippen LogP contribution in [0.15, 0.2) is 24.4 Å².